The zero-order chi connectivity index (χ0) is 24.8. The van der Waals surface area contributed by atoms with Crippen LogP contribution in [0.3, 0.4) is 0 Å². The highest BCUT2D eigenvalue weighted by molar-refractivity contribution is 7.89. The molecule has 9 heteroatoms. The number of sulfonamides is 1. The average molecular weight is 480 g/mol. The van der Waals surface area contributed by atoms with Crippen LogP contribution in [0.1, 0.15) is 46.6 Å². The average Bonchev–Trinajstić information content (AvgIpc) is 2.77. The molecule has 0 saturated heterocycles. The Labute approximate surface area is 198 Å². The van der Waals surface area contributed by atoms with Crippen LogP contribution < -0.4 is 10.1 Å². The fraction of sp³-hybridized carbons (Fsp3) is 0.625. The second-order valence-electron chi connectivity index (χ2n) is 8.94. The van der Waals surface area contributed by atoms with Crippen LogP contribution >= 0.6 is 0 Å². The van der Waals surface area contributed by atoms with E-state index < -0.39 is 22.2 Å². The van der Waals surface area contributed by atoms with E-state index in [-0.39, 0.29) is 48.2 Å². The maximum atomic E-state index is 13.5. The first-order valence-electron chi connectivity index (χ1n) is 11.4. The van der Waals surface area contributed by atoms with E-state index in [1.807, 2.05) is 27.7 Å². The smallest absolute Gasteiger partial charge is 0.317 e. The van der Waals surface area contributed by atoms with Crippen LogP contribution in [0.4, 0.5) is 4.79 Å². The SMILES string of the molecule is CCCNC(=O)N(C)C[C@@H]1Oc2cc(C#CC(C)C)ccc2S(=O)(=O)N([C@H](C)CO)C[C@H]1C. The number of urea groups is 1. The van der Waals surface area contributed by atoms with Crippen molar-refractivity contribution in [1.29, 1.82) is 0 Å². The Balaban J connectivity index is 2.51. The zero-order valence-electron chi connectivity index (χ0n) is 20.5. The lowest BCUT2D eigenvalue weighted by molar-refractivity contribution is 0.0812. The summed E-state index contributed by atoms with van der Waals surface area (Å²) in [5.41, 5.74) is 0.653. The molecule has 8 nitrogen and oxygen atoms in total. The van der Waals surface area contributed by atoms with Crippen LogP contribution in [0.25, 0.3) is 0 Å². The van der Waals surface area contributed by atoms with Gasteiger partial charge in [-0.15, -0.1) is 0 Å². The van der Waals surface area contributed by atoms with Gasteiger partial charge < -0.3 is 20.1 Å². The summed E-state index contributed by atoms with van der Waals surface area (Å²) >= 11 is 0. The predicted molar refractivity (Wildman–Crippen MR) is 128 cm³/mol. The fourth-order valence-electron chi connectivity index (χ4n) is 3.47. The monoisotopic (exact) mass is 479 g/mol. The molecule has 1 heterocycles. The molecule has 0 saturated carbocycles. The van der Waals surface area contributed by atoms with E-state index in [0.29, 0.717) is 12.1 Å². The maximum Gasteiger partial charge on any atom is 0.317 e. The molecule has 1 aromatic carbocycles. The van der Waals surface area contributed by atoms with Gasteiger partial charge in [0, 0.05) is 43.6 Å². The number of carbonyl (C=O) groups excluding carboxylic acids is 1. The van der Waals surface area contributed by atoms with Crippen molar-refractivity contribution in [2.75, 3.05) is 33.3 Å². The minimum Gasteiger partial charge on any atom is -0.487 e. The quantitative estimate of drug-likeness (QED) is 0.611. The molecule has 33 heavy (non-hydrogen) atoms. The van der Waals surface area contributed by atoms with Crippen LogP contribution in [0.15, 0.2) is 23.1 Å². The zero-order valence-corrected chi connectivity index (χ0v) is 21.3. The third kappa shape index (κ3) is 6.85. The number of fused-ring (bicyclic) bond motifs is 1. The largest absolute Gasteiger partial charge is 0.487 e. The topological polar surface area (TPSA) is 99.2 Å². The Hall–Kier alpha value is -2.28. The highest BCUT2D eigenvalue weighted by Crippen LogP contribution is 2.34. The van der Waals surface area contributed by atoms with Crippen molar-refractivity contribution < 1.29 is 23.1 Å². The summed E-state index contributed by atoms with van der Waals surface area (Å²) in [5, 5.41) is 12.6. The Bertz CT molecular complexity index is 984. The molecule has 0 radical (unpaired) electrons. The molecule has 0 fully saturated rings. The molecule has 0 aliphatic carbocycles. The summed E-state index contributed by atoms with van der Waals surface area (Å²) < 4.78 is 34.5. The van der Waals surface area contributed by atoms with Crippen molar-refractivity contribution in [1.82, 2.24) is 14.5 Å². The van der Waals surface area contributed by atoms with Gasteiger partial charge in [0.2, 0.25) is 10.0 Å². The first-order valence-corrected chi connectivity index (χ1v) is 12.9. The summed E-state index contributed by atoms with van der Waals surface area (Å²) in [5.74, 6) is 6.27. The molecule has 2 amide bonds. The fourth-order valence-corrected chi connectivity index (χ4v) is 5.29. The summed E-state index contributed by atoms with van der Waals surface area (Å²) in [7, 11) is -2.22. The lowest BCUT2D eigenvalue weighted by Gasteiger charge is -2.37. The molecule has 1 aliphatic heterocycles. The van der Waals surface area contributed by atoms with Gasteiger partial charge in [0.15, 0.2) is 0 Å². The van der Waals surface area contributed by atoms with Gasteiger partial charge in [-0.1, -0.05) is 39.5 Å². The number of rotatable bonds is 6. The van der Waals surface area contributed by atoms with E-state index in [2.05, 4.69) is 17.2 Å². The Kier molecular flexibility index (Phi) is 9.58. The number of benzene rings is 1. The molecule has 2 N–H and O–H groups in total. The normalized spacial score (nSPS) is 21.0. The van der Waals surface area contributed by atoms with E-state index >= 15 is 0 Å². The van der Waals surface area contributed by atoms with Crippen LogP contribution in [0.2, 0.25) is 0 Å². The third-order valence-electron chi connectivity index (χ3n) is 5.50. The van der Waals surface area contributed by atoms with E-state index in [1.165, 1.54) is 10.4 Å². The lowest BCUT2D eigenvalue weighted by atomic mass is 10.0. The minimum absolute atomic E-state index is 0.0351. The molecule has 0 aromatic heterocycles. The van der Waals surface area contributed by atoms with Gasteiger partial charge >= 0.3 is 6.03 Å². The number of likely N-dealkylation sites (N-methyl/N-ethyl adjacent to an activating group) is 1. The first kappa shape index (κ1) is 27.0. The van der Waals surface area contributed by atoms with Gasteiger partial charge in [-0.25, -0.2) is 13.2 Å². The Morgan fingerprint density at radius 1 is 1.36 bits per heavy atom. The summed E-state index contributed by atoms with van der Waals surface area (Å²) in [6, 6.07) is 4.01. The van der Waals surface area contributed by atoms with E-state index in [4.69, 9.17) is 4.74 Å². The van der Waals surface area contributed by atoms with Crippen LogP contribution in [0, 0.1) is 23.7 Å². The first-order chi connectivity index (χ1) is 15.5. The van der Waals surface area contributed by atoms with E-state index in [9.17, 15) is 18.3 Å². The number of nitrogens with one attached hydrogen (secondary N) is 1. The predicted octanol–water partition coefficient (Wildman–Crippen LogP) is 2.51. The minimum atomic E-state index is -3.91. The maximum absolute atomic E-state index is 13.5. The molecule has 184 valence electrons. The molecule has 0 bridgehead atoms. The van der Waals surface area contributed by atoms with Crippen molar-refractivity contribution in [3.05, 3.63) is 23.8 Å². The molecule has 1 aromatic rings. The number of hydrogen-bond donors (Lipinski definition) is 2. The third-order valence-corrected chi connectivity index (χ3v) is 7.52. The van der Waals surface area contributed by atoms with Gasteiger partial charge in [0.25, 0.3) is 0 Å². The molecule has 3 atom stereocenters. The molecule has 2 rings (SSSR count). The van der Waals surface area contributed by atoms with Crippen molar-refractivity contribution in [2.24, 2.45) is 11.8 Å². The summed E-state index contributed by atoms with van der Waals surface area (Å²) in [4.78, 5) is 14.0. The van der Waals surface area contributed by atoms with Gasteiger partial charge in [0.05, 0.1) is 13.2 Å². The van der Waals surface area contributed by atoms with Crippen LogP contribution in [-0.4, -0.2) is 74.2 Å². The highest BCUT2D eigenvalue weighted by Gasteiger charge is 2.38. The Morgan fingerprint density at radius 2 is 2.06 bits per heavy atom. The number of ether oxygens (including phenoxy) is 1. The number of aliphatic hydroxyl groups is 1. The lowest BCUT2D eigenvalue weighted by Crippen LogP contribution is -2.51. The van der Waals surface area contributed by atoms with Crippen molar-refractivity contribution in [2.45, 2.75) is 58.1 Å². The standard InChI is InChI=1S/C24H37N3O5S/c1-7-12-25-24(29)26(6)15-22-18(4)14-27(19(5)16-28)33(30,31)23-11-10-20(9-8-17(2)3)13-21(23)32-22/h10-11,13,17-19,22,28H,7,12,14-16H2,1-6H3,(H,25,29)/t18-,19-,22+/m1/s1. The second-order valence-corrected chi connectivity index (χ2v) is 10.8. The van der Waals surface area contributed by atoms with Crippen LogP contribution in [0.5, 0.6) is 5.75 Å². The molecule has 1 aliphatic rings. The van der Waals surface area contributed by atoms with Crippen molar-refractivity contribution in [3.8, 4) is 17.6 Å². The summed E-state index contributed by atoms with van der Waals surface area (Å²) in [6.07, 6.45) is 0.369. The molecular formula is C24H37N3O5S. The molecular weight excluding hydrogens is 442 g/mol. The van der Waals surface area contributed by atoms with Gasteiger partial charge in [-0.2, -0.15) is 4.31 Å². The number of hydrogen-bond acceptors (Lipinski definition) is 5. The highest BCUT2D eigenvalue weighted by atomic mass is 32.2. The number of nitrogens with zero attached hydrogens (tertiary/aromatic N) is 2. The number of carbonyl (C=O) groups is 1. The number of amides is 2. The van der Waals surface area contributed by atoms with E-state index in [1.54, 1.807) is 31.0 Å². The van der Waals surface area contributed by atoms with E-state index in [0.717, 1.165) is 6.42 Å². The van der Waals surface area contributed by atoms with Crippen molar-refractivity contribution in [3.63, 3.8) is 0 Å². The van der Waals surface area contributed by atoms with Crippen molar-refractivity contribution >= 4 is 16.1 Å². The second kappa shape index (κ2) is 11.7. The van der Waals surface area contributed by atoms with Crippen LogP contribution in [-0.2, 0) is 10.0 Å². The number of aliphatic hydroxyl groups excluding tert-OH is 1. The summed E-state index contributed by atoms with van der Waals surface area (Å²) in [6.45, 7) is 10.2. The van der Waals surface area contributed by atoms with Gasteiger partial charge in [-0.3, -0.25) is 0 Å². The van der Waals surface area contributed by atoms with Gasteiger partial charge in [-0.05, 0) is 31.5 Å². The van der Waals surface area contributed by atoms with Gasteiger partial charge in [0.1, 0.15) is 16.7 Å². The molecule has 0 spiro atoms. The molecule has 0 unspecified atom stereocenters. The Morgan fingerprint density at radius 3 is 2.67 bits per heavy atom.